The summed E-state index contributed by atoms with van der Waals surface area (Å²) in [6.07, 6.45) is 2.12. The second kappa shape index (κ2) is 4.89. The van der Waals surface area contributed by atoms with Gasteiger partial charge >= 0.3 is 0 Å². The third kappa shape index (κ3) is 2.63. The first-order chi connectivity index (χ1) is 5.84. The molecule has 0 saturated carbocycles. The average Bonchev–Trinajstić information content (AvgIpc) is 2.09. The normalized spacial score (nSPS) is 8.83. The molecule has 0 aromatic carbocycles. The highest BCUT2D eigenvalue weighted by atomic mass is 79.9. The predicted octanol–water partition coefficient (Wildman–Crippen LogP) is 2.36. The van der Waals surface area contributed by atoms with Gasteiger partial charge < -0.3 is 0 Å². The van der Waals surface area contributed by atoms with Gasteiger partial charge in [-0.1, -0.05) is 27.8 Å². The van der Waals surface area contributed by atoms with Crippen LogP contribution in [0.2, 0.25) is 0 Å². The van der Waals surface area contributed by atoms with Crippen molar-refractivity contribution in [3.8, 4) is 11.8 Å². The number of hydrogen-bond donors (Lipinski definition) is 0. The molecule has 1 rings (SSSR count). The summed E-state index contributed by atoms with van der Waals surface area (Å²) >= 11 is 3.23. The number of aromatic nitrogens is 1. The van der Waals surface area contributed by atoms with Crippen LogP contribution in [0.4, 0.5) is 4.39 Å². The van der Waals surface area contributed by atoms with Crippen LogP contribution in [-0.4, -0.2) is 10.3 Å². The third-order valence-corrected chi connectivity index (χ3v) is 1.60. The zero-order chi connectivity index (χ0) is 8.81. The molecule has 0 radical (unpaired) electrons. The maximum absolute atomic E-state index is 12.8. The Balaban J connectivity index is 2.77. The van der Waals surface area contributed by atoms with Crippen LogP contribution < -0.4 is 0 Å². The van der Waals surface area contributed by atoms with Gasteiger partial charge in [-0.25, -0.2) is 4.98 Å². The molecule has 0 spiro atoms. The lowest BCUT2D eigenvalue weighted by Crippen LogP contribution is -1.86. The van der Waals surface area contributed by atoms with Crippen LogP contribution in [-0.2, 0) is 0 Å². The van der Waals surface area contributed by atoms with Gasteiger partial charge in [0.25, 0.3) is 0 Å². The quantitative estimate of drug-likeness (QED) is 0.408. The molecule has 1 aromatic heterocycles. The molecule has 0 amide bonds. The zero-order valence-corrected chi connectivity index (χ0v) is 7.94. The molecule has 0 unspecified atom stereocenters. The van der Waals surface area contributed by atoms with Crippen LogP contribution in [0.5, 0.6) is 0 Å². The van der Waals surface area contributed by atoms with Gasteiger partial charge in [0.1, 0.15) is 0 Å². The van der Waals surface area contributed by atoms with Crippen molar-refractivity contribution in [1.29, 1.82) is 0 Å². The van der Waals surface area contributed by atoms with E-state index < -0.39 is 5.95 Å². The van der Waals surface area contributed by atoms with Gasteiger partial charge in [0.15, 0.2) is 0 Å². The van der Waals surface area contributed by atoms with E-state index >= 15 is 0 Å². The lowest BCUT2D eigenvalue weighted by atomic mass is 10.3. The molecule has 0 fully saturated rings. The third-order valence-electron chi connectivity index (χ3n) is 1.20. The van der Waals surface area contributed by atoms with Crippen LogP contribution in [0.15, 0.2) is 18.3 Å². The van der Waals surface area contributed by atoms with Crippen molar-refractivity contribution >= 4 is 15.9 Å². The maximum atomic E-state index is 12.8. The molecule has 3 heteroatoms. The van der Waals surface area contributed by atoms with Gasteiger partial charge in [-0.3, -0.25) is 0 Å². The molecule has 1 aromatic rings. The molecule has 0 aliphatic rings. The molecule has 0 bridgehead atoms. The SMILES string of the molecule is Fc1ncccc1C#CCCBr. The second-order valence-corrected chi connectivity index (χ2v) is 2.88. The van der Waals surface area contributed by atoms with Gasteiger partial charge in [0.2, 0.25) is 5.95 Å². The minimum Gasteiger partial charge on any atom is -0.227 e. The summed E-state index contributed by atoms with van der Waals surface area (Å²) < 4.78 is 12.8. The lowest BCUT2D eigenvalue weighted by Gasteiger charge is -1.89. The van der Waals surface area contributed by atoms with E-state index in [2.05, 4.69) is 32.8 Å². The summed E-state index contributed by atoms with van der Waals surface area (Å²) in [5.74, 6) is 5.01. The van der Waals surface area contributed by atoms with Crippen LogP contribution >= 0.6 is 15.9 Å². The van der Waals surface area contributed by atoms with E-state index in [-0.39, 0.29) is 0 Å². The van der Waals surface area contributed by atoms with E-state index in [9.17, 15) is 4.39 Å². The van der Waals surface area contributed by atoms with Crippen LogP contribution in [0, 0.1) is 17.8 Å². The van der Waals surface area contributed by atoms with E-state index in [1.807, 2.05) is 0 Å². The Morgan fingerprint density at radius 2 is 2.42 bits per heavy atom. The number of hydrogen-bond acceptors (Lipinski definition) is 1. The number of rotatable bonds is 1. The predicted molar refractivity (Wildman–Crippen MR) is 49.5 cm³/mol. The Labute approximate surface area is 79.1 Å². The standard InChI is InChI=1S/C9H7BrFN/c10-6-2-1-4-8-5-3-7-12-9(8)11/h3,5,7H,2,6H2. The summed E-state index contributed by atoms with van der Waals surface area (Å²) in [5, 5.41) is 0.807. The van der Waals surface area contributed by atoms with Crippen molar-refractivity contribution in [1.82, 2.24) is 4.98 Å². The van der Waals surface area contributed by atoms with E-state index in [4.69, 9.17) is 0 Å². The molecule has 1 nitrogen and oxygen atoms in total. The van der Waals surface area contributed by atoms with Gasteiger partial charge in [0, 0.05) is 17.9 Å². The molecule has 0 aliphatic heterocycles. The van der Waals surface area contributed by atoms with E-state index in [0.29, 0.717) is 12.0 Å². The minimum atomic E-state index is -0.500. The molecule has 0 atom stereocenters. The van der Waals surface area contributed by atoms with Crippen LogP contribution in [0.1, 0.15) is 12.0 Å². The van der Waals surface area contributed by atoms with Crippen molar-refractivity contribution in [2.45, 2.75) is 6.42 Å². The van der Waals surface area contributed by atoms with Crippen molar-refractivity contribution in [3.63, 3.8) is 0 Å². The molecule has 1 heterocycles. The van der Waals surface area contributed by atoms with Gasteiger partial charge in [-0.05, 0) is 12.1 Å². The van der Waals surface area contributed by atoms with Crippen LogP contribution in [0.25, 0.3) is 0 Å². The zero-order valence-electron chi connectivity index (χ0n) is 6.35. The Kier molecular flexibility index (Phi) is 3.75. The molecule has 0 aliphatic carbocycles. The molecule has 0 N–H and O–H groups in total. The molecular weight excluding hydrogens is 221 g/mol. The fourth-order valence-corrected chi connectivity index (χ4v) is 0.882. The van der Waals surface area contributed by atoms with E-state index in [1.165, 1.54) is 6.20 Å². The molecule has 0 saturated heterocycles. The van der Waals surface area contributed by atoms with Crippen molar-refractivity contribution in [3.05, 3.63) is 29.8 Å². The first-order valence-corrected chi connectivity index (χ1v) is 4.62. The highest BCUT2D eigenvalue weighted by Gasteiger charge is 1.95. The Morgan fingerprint density at radius 1 is 1.58 bits per heavy atom. The van der Waals surface area contributed by atoms with Gasteiger partial charge in [0.05, 0.1) is 5.56 Å². The molecule has 12 heavy (non-hydrogen) atoms. The second-order valence-electron chi connectivity index (χ2n) is 2.08. The summed E-state index contributed by atoms with van der Waals surface area (Å²) in [6.45, 7) is 0. The summed E-state index contributed by atoms with van der Waals surface area (Å²) in [6, 6.07) is 3.28. The molecular formula is C9H7BrFN. The average molecular weight is 228 g/mol. The summed E-state index contributed by atoms with van der Waals surface area (Å²) in [4.78, 5) is 3.48. The Hall–Kier alpha value is -0.880. The number of halogens is 2. The van der Waals surface area contributed by atoms with Gasteiger partial charge in [-0.2, -0.15) is 4.39 Å². The number of nitrogens with zero attached hydrogens (tertiary/aromatic N) is 1. The maximum Gasteiger partial charge on any atom is 0.228 e. The minimum absolute atomic E-state index is 0.360. The van der Waals surface area contributed by atoms with Crippen molar-refractivity contribution in [2.75, 3.05) is 5.33 Å². The first kappa shape index (κ1) is 9.21. The van der Waals surface area contributed by atoms with Crippen LogP contribution in [0.3, 0.4) is 0 Å². The smallest absolute Gasteiger partial charge is 0.227 e. The van der Waals surface area contributed by atoms with Crippen molar-refractivity contribution < 1.29 is 4.39 Å². The van der Waals surface area contributed by atoms with Crippen molar-refractivity contribution in [2.24, 2.45) is 0 Å². The topological polar surface area (TPSA) is 12.9 Å². The first-order valence-electron chi connectivity index (χ1n) is 3.50. The molecule has 62 valence electrons. The monoisotopic (exact) mass is 227 g/mol. The number of pyridine rings is 1. The Morgan fingerprint density at radius 3 is 3.08 bits per heavy atom. The van der Waals surface area contributed by atoms with Gasteiger partial charge in [-0.15, -0.1) is 0 Å². The Bertz CT molecular complexity index is 314. The largest absolute Gasteiger partial charge is 0.228 e. The van der Waals surface area contributed by atoms with E-state index in [1.54, 1.807) is 12.1 Å². The highest BCUT2D eigenvalue weighted by molar-refractivity contribution is 9.09. The fourth-order valence-electron chi connectivity index (χ4n) is 0.684. The fraction of sp³-hybridized carbons (Fsp3) is 0.222. The highest BCUT2D eigenvalue weighted by Crippen LogP contribution is 2.00. The summed E-state index contributed by atoms with van der Waals surface area (Å²) in [7, 11) is 0. The van der Waals surface area contributed by atoms with E-state index in [0.717, 1.165) is 5.33 Å². The summed E-state index contributed by atoms with van der Waals surface area (Å²) in [5.41, 5.74) is 0.360. The number of alkyl halides is 1. The lowest BCUT2D eigenvalue weighted by molar-refractivity contribution is 0.580.